The second kappa shape index (κ2) is 5.41. The van der Waals surface area contributed by atoms with E-state index in [4.69, 9.17) is 10.5 Å². The van der Waals surface area contributed by atoms with E-state index in [0.717, 1.165) is 32.4 Å². The third-order valence-corrected chi connectivity index (χ3v) is 5.19. The van der Waals surface area contributed by atoms with Crippen molar-refractivity contribution in [3.8, 4) is 5.75 Å². The summed E-state index contributed by atoms with van der Waals surface area (Å²) in [6, 6.07) is 12.2. The summed E-state index contributed by atoms with van der Waals surface area (Å²) in [7, 11) is 0. The molecular weight excluding hydrogens is 394 g/mol. The van der Waals surface area contributed by atoms with Gasteiger partial charge in [0.15, 0.2) is 0 Å². The van der Waals surface area contributed by atoms with Gasteiger partial charge in [0.2, 0.25) is 0 Å². The Bertz CT molecular complexity index is 697. The van der Waals surface area contributed by atoms with Crippen LogP contribution in [-0.4, -0.2) is 6.61 Å². The van der Waals surface area contributed by atoms with Crippen LogP contribution in [0.1, 0.15) is 36.6 Å². The van der Waals surface area contributed by atoms with E-state index in [1.807, 2.05) is 18.2 Å². The van der Waals surface area contributed by atoms with Crippen LogP contribution in [0.3, 0.4) is 0 Å². The van der Waals surface area contributed by atoms with Gasteiger partial charge in [-0.15, -0.1) is 0 Å². The van der Waals surface area contributed by atoms with E-state index in [9.17, 15) is 0 Å². The first-order chi connectivity index (χ1) is 9.88. The summed E-state index contributed by atoms with van der Waals surface area (Å²) in [4.78, 5) is 0. The highest BCUT2D eigenvalue weighted by Crippen LogP contribution is 2.40. The summed E-state index contributed by atoms with van der Waals surface area (Å²) in [5.74, 6) is 0.976. The molecule has 0 aliphatic carbocycles. The summed E-state index contributed by atoms with van der Waals surface area (Å²) >= 11 is 7.10. The fourth-order valence-corrected chi connectivity index (χ4v) is 3.54. The Labute approximate surface area is 141 Å². The maximum Gasteiger partial charge on any atom is 0.123 e. The fraction of sp³-hybridized carbons (Fsp3) is 0.294. The van der Waals surface area contributed by atoms with E-state index in [2.05, 4.69) is 63.9 Å². The molecule has 0 fully saturated rings. The van der Waals surface area contributed by atoms with E-state index in [1.165, 1.54) is 5.56 Å². The summed E-state index contributed by atoms with van der Waals surface area (Å²) in [5.41, 5.74) is 9.93. The number of hydrogen-bond acceptors (Lipinski definition) is 2. The first-order valence-electron chi connectivity index (χ1n) is 6.86. The van der Waals surface area contributed by atoms with E-state index < -0.39 is 0 Å². The van der Waals surface area contributed by atoms with E-state index >= 15 is 0 Å². The Morgan fingerprint density at radius 1 is 1.14 bits per heavy atom. The van der Waals surface area contributed by atoms with Crippen molar-refractivity contribution in [1.29, 1.82) is 0 Å². The monoisotopic (exact) mass is 409 g/mol. The minimum absolute atomic E-state index is 0.0412. The van der Waals surface area contributed by atoms with Crippen LogP contribution >= 0.6 is 31.9 Å². The smallest absolute Gasteiger partial charge is 0.123 e. The van der Waals surface area contributed by atoms with Crippen LogP contribution in [0.5, 0.6) is 5.75 Å². The van der Waals surface area contributed by atoms with Gasteiger partial charge in [0.1, 0.15) is 5.75 Å². The highest BCUT2D eigenvalue weighted by molar-refractivity contribution is 9.11. The third-order valence-electron chi connectivity index (χ3n) is 3.97. The van der Waals surface area contributed by atoms with Crippen LogP contribution in [-0.2, 0) is 5.41 Å². The molecule has 110 valence electrons. The Morgan fingerprint density at radius 3 is 2.67 bits per heavy atom. The summed E-state index contributed by atoms with van der Waals surface area (Å²) in [5, 5.41) is 0. The van der Waals surface area contributed by atoms with Gasteiger partial charge in [-0.05, 0) is 41.5 Å². The molecule has 21 heavy (non-hydrogen) atoms. The minimum atomic E-state index is -0.168. The molecule has 0 radical (unpaired) electrons. The highest BCUT2D eigenvalue weighted by atomic mass is 79.9. The fourth-order valence-electron chi connectivity index (χ4n) is 2.66. The van der Waals surface area contributed by atoms with Gasteiger partial charge in [0.05, 0.1) is 12.6 Å². The van der Waals surface area contributed by atoms with Crippen molar-refractivity contribution < 1.29 is 4.74 Å². The van der Waals surface area contributed by atoms with Gasteiger partial charge in [-0.25, -0.2) is 0 Å². The topological polar surface area (TPSA) is 35.2 Å². The van der Waals surface area contributed by atoms with Crippen molar-refractivity contribution in [2.24, 2.45) is 5.73 Å². The largest absolute Gasteiger partial charge is 0.492 e. The number of rotatable bonds is 2. The van der Waals surface area contributed by atoms with Crippen molar-refractivity contribution in [1.82, 2.24) is 0 Å². The molecule has 0 spiro atoms. The molecule has 1 unspecified atom stereocenters. The molecule has 0 aromatic heterocycles. The van der Waals surface area contributed by atoms with Gasteiger partial charge in [-0.3, -0.25) is 0 Å². The molecule has 1 heterocycles. The number of fused-ring (bicyclic) bond motifs is 1. The quantitative estimate of drug-likeness (QED) is 0.761. The second-order valence-electron chi connectivity index (χ2n) is 6.07. The number of benzene rings is 2. The Balaban J connectivity index is 2.03. The molecule has 4 heteroatoms. The molecule has 2 N–H and O–H groups in total. The lowest BCUT2D eigenvalue weighted by molar-refractivity contribution is 0.291. The standard InChI is InChI=1S/C17H17Br2NO/c1-17(2)9-21-15-6-3-10(7-13(15)17)16(20)12-8-11(18)4-5-14(12)19/h3-8,16H,9,20H2,1-2H3. The average Bonchev–Trinajstić information content (AvgIpc) is 2.76. The Kier molecular flexibility index (Phi) is 3.89. The van der Waals surface area contributed by atoms with Gasteiger partial charge < -0.3 is 10.5 Å². The first-order valence-corrected chi connectivity index (χ1v) is 8.45. The Hall–Kier alpha value is -0.840. The highest BCUT2D eigenvalue weighted by Gasteiger charge is 2.32. The number of nitrogens with two attached hydrogens (primary N) is 1. The van der Waals surface area contributed by atoms with Gasteiger partial charge >= 0.3 is 0 Å². The van der Waals surface area contributed by atoms with Crippen LogP contribution in [0.15, 0.2) is 45.3 Å². The van der Waals surface area contributed by atoms with Gasteiger partial charge in [-0.1, -0.05) is 51.8 Å². The van der Waals surface area contributed by atoms with Gasteiger partial charge in [0.25, 0.3) is 0 Å². The zero-order valence-corrected chi connectivity index (χ0v) is 15.2. The number of hydrogen-bond donors (Lipinski definition) is 1. The molecule has 0 saturated heterocycles. The molecule has 2 nitrogen and oxygen atoms in total. The molecule has 0 amide bonds. The molecule has 1 aliphatic heterocycles. The lowest BCUT2D eigenvalue weighted by Crippen LogP contribution is -2.19. The molecule has 1 aliphatic rings. The maximum atomic E-state index is 6.48. The minimum Gasteiger partial charge on any atom is -0.492 e. The van der Waals surface area contributed by atoms with Crippen molar-refractivity contribution in [2.75, 3.05) is 6.61 Å². The summed E-state index contributed by atoms with van der Waals surface area (Å²) in [6.07, 6.45) is 0. The lowest BCUT2D eigenvalue weighted by atomic mass is 9.85. The molecule has 2 aromatic rings. The van der Waals surface area contributed by atoms with Crippen LogP contribution in [0.4, 0.5) is 0 Å². The van der Waals surface area contributed by atoms with E-state index in [1.54, 1.807) is 0 Å². The van der Waals surface area contributed by atoms with Crippen LogP contribution < -0.4 is 10.5 Å². The predicted octanol–water partition coefficient (Wildman–Crippen LogP) is 4.93. The second-order valence-corrected chi connectivity index (χ2v) is 7.84. The number of halogens is 2. The first kappa shape index (κ1) is 15.1. The maximum absolute atomic E-state index is 6.48. The summed E-state index contributed by atoms with van der Waals surface area (Å²) < 4.78 is 7.79. The van der Waals surface area contributed by atoms with Gasteiger partial charge in [-0.2, -0.15) is 0 Å². The molecule has 2 aromatic carbocycles. The molecule has 1 atom stereocenters. The van der Waals surface area contributed by atoms with Gasteiger partial charge in [0, 0.05) is 19.9 Å². The third kappa shape index (κ3) is 2.77. The SMILES string of the molecule is CC1(C)COc2ccc(C(N)c3cc(Br)ccc3Br)cc21. The molecule has 0 saturated carbocycles. The van der Waals surface area contributed by atoms with Crippen molar-refractivity contribution in [2.45, 2.75) is 25.3 Å². The Morgan fingerprint density at radius 2 is 1.90 bits per heavy atom. The van der Waals surface area contributed by atoms with Crippen molar-refractivity contribution in [3.05, 3.63) is 62.0 Å². The number of ether oxygens (including phenoxy) is 1. The van der Waals surface area contributed by atoms with Crippen molar-refractivity contribution >= 4 is 31.9 Å². The van der Waals surface area contributed by atoms with Crippen molar-refractivity contribution in [3.63, 3.8) is 0 Å². The van der Waals surface area contributed by atoms with E-state index in [-0.39, 0.29) is 11.5 Å². The zero-order valence-electron chi connectivity index (χ0n) is 12.0. The van der Waals surface area contributed by atoms with Crippen LogP contribution in [0.25, 0.3) is 0 Å². The zero-order chi connectivity index (χ0) is 15.2. The van der Waals surface area contributed by atoms with E-state index in [0.29, 0.717) is 0 Å². The molecule has 0 bridgehead atoms. The lowest BCUT2D eigenvalue weighted by Gasteiger charge is -2.19. The summed E-state index contributed by atoms with van der Waals surface area (Å²) in [6.45, 7) is 5.12. The normalized spacial score (nSPS) is 17.2. The predicted molar refractivity (Wildman–Crippen MR) is 92.8 cm³/mol. The molecular formula is C17H17Br2NO. The van der Waals surface area contributed by atoms with Crippen LogP contribution in [0, 0.1) is 0 Å². The average molecular weight is 411 g/mol. The van der Waals surface area contributed by atoms with Crippen LogP contribution in [0.2, 0.25) is 0 Å². The molecule has 3 rings (SSSR count).